The van der Waals surface area contributed by atoms with Crippen molar-refractivity contribution in [2.75, 3.05) is 18.1 Å². The number of esters is 1. The summed E-state index contributed by atoms with van der Waals surface area (Å²) in [5.41, 5.74) is 7.46. The first-order valence-electron chi connectivity index (χ1n) is 9.23. The second-order valence-electron chi connectivity index (χ2n) is 7.65. The minimum absolute atomic E-state index is 0.00402. The minimum atomic E-state index is -0.609. The fourth-order valence-corrected chi connectivity index (χ4v) is 3.19. The second kappa shape index (κ2) is 8.72. The first-order chi connectivity index (χ1) is 13.0. The molecule has 1 aliphatic rings. The van der Waals surface area contributed by atoms with Crippen molar-refractivity contribution in [3.05, 3.63) is 34.8 Å². The third-order valence-corrected chi connectivity index (χ3v) is 5.82. The van der Waals surface area contributed by atoms with E-state index in [-0.39, 0.29) is 5.12 Å². The normalized spacial score (nSPS) is 18.2. The van der Waals surface area contributed by atoms with Gasteiger partial charge in [0.25, 0.3) is 0 Å². The van der Waals surface area contributed by atoms with Gasteiger partial charge in [0, 0.05) is 18.4 Å². The van der Waals surface area contributed by atoms with Gasteiger partial charge in [-0.3, -0.25) is 4.79 Å². The highest BCUT2D eigenvalue weighted by Gasteiger charge is 2.52. The van der Waals surface area contributed by atoms with Crippen LogP contribution in [0.5, 0.6) is 0 Å². The standard InChI is InChI=1S/C20H28BNO5S/c1-7-25-18(24)14-8-9-17(22)15(10-14)11-16(12-28-13(2)23)21-26-19(3,4)20(5,6)27-21/h8-11H,7,12,22H2,1-6H3. The van der Waals surface area contributed by atoms with E-state index in [0.717, 1.165) is 5.47 Å². The van der Waals surface area contributed by atoms with Crippen LogP contribution in [0.2, 0.25) is 0 Å². The van der Waals surface area contributed by atoms with Gasteiger partial charge in [-0.15, -0.1) is 0 Å². The Balaban J connectivity index is 2.41. The van der Waals surface area contributed by atoms with E-state index in [2.05, 4.69) is 0 Å². The van der Waals surface area contributed by atoms with E-state index >= 15 is 0 Å². The van der Waals surface area contributed by atoms with Crippen molar-refractivity contribution < 1.29 is 23.6 Å². The molecule has 1 aliphatic heterocycles. The van der Waals surface area contributed by atoms with Crippen LogP contribution in [0.3, 0.4) is 0 Å². The first kappa shape index (κ1) is 22.5. The van der Waals surface area contributed by atoms with Crippen LogP contribution >= 0.6 is 11.8 Å². The molecule has 0 amide bonds. The molecule has 0 atom stereocenters. The van der Waals surface area contributed by atoms with Gasteiger partial charge in [-0.2, -0.15) is 0 Å². The van der Waals surface area contributed by atoms with E-state index in [1.54, 1.807) is 25.1 Å². The zero-order chi connectivity index (χ0) is 21.1. The molecule has 0 spiro atoms. The number of nitrogens with two attached hydrogens (primary N) is 1. The molecule has 0 saturated carbocycles. The minimum Gasteiger partial charge on any atom is -0.462 e. The lowest BCUT2D eigenvalue weighted by atomic mass is 9.78. The number of hydrogen-bond acceptors (Lipinski definition) is 7. The zero-order valence-corrected chi connectivity index (χ0v) is 18.1. The van der Waals surface area contributed by atoms with Crippen molar-refractivity contribution in [3.8, 4) is 0 Å². The lowest BCUT2D eigenvalue weighted by Crippen LogP contribution is -2.41. The summed E-state index contributed by atoms with van der Waals surface area (Å²) in [5, 5.41) is -0.00402. The number of anilines is 1. The SMILES string of the molecule is CCOC(=O)c1ccc(N)c(C=C(CSC(C)=O)B2OC(C)(C)C(C)(C)O2)c1. The van der Waals surface area contributed by atoms with Crippen molar-refractivity contribution in [3.63, 3.8) is 0 Å². The fraction of sp³-hybridized carbons (Fsp3) is 0.500. The van der Waals surface area contributed by atoms with Gasteiger partial charge in [-0.1, -0.05) is 17.8 Å². The highest BCUT2D eigenvalue weighted by Crippen LogP contribution is 2.39. The highest BCUT2D eigenvalue weighted by molar-refractivity contribution is 8.13. The number of thioether (sulfide) groups is 1. The molecule has 1 aromatic carbocycles. The highest BCUT2D eigenvalue weighted by atomic mass is 32.2. The molecule has 0 aliphatic carbocycles. The van der Waals surface area contributed by atoms with Crippen LogP contribution in [0, 0.1) is 0 Å². The summed E-state index contributed by atoms with van der Waals surface area (Å²) in [6.07, 6.45) is 1.83. The van der Waals surface area contributed by atoms with Gasteiger partial charge in [-0.25, -0.2) is 4.79 Å². The molecule has 0 aromatic heterocycles. The molecule has 1 heterocycles. The molecule has 6 nitrogen and oxygen atoms in total. The van der Waals surface area contributed by atoms with Crippen molar-refractivity contribution in [2.24, 2.45) is 0 Å². The molecule has 2 rings (SSSR count). The molecule has 8 heteroatoms. The van der Waals surface area contributed by atoms with Gasteiger partial charge < -0.3 is 19.8 Å². The maximum Gasteiger partial charge on any atom is 0.491 e. The summed E-state index contributed by atoms with van der Waals surface area (Å²) in [7, 11) is -0.609. The van der Waals surface area contributed by atoms with Crippen molar-refractivity contribution >= 4 is 41.7 Å². The quantitative estimate of drug-likeness (QED) is 0.438. The molecular weight excluding hydrogens is 377 g/mol. The average Bonchev–Trinajstić information content (AvgIpc) is 2.80. The zero-order valence-electron chi connectivity index (χ0n) is 17.3. The lowest BCUT2D eigenvalue weighted by Gasteiger charge is -2.32. The average molecular weight is 405 g/mol. The topological polar surface area (TPSA) is 87.9 Å². The molecule has 0 bridgehead atoms. The second-order valence-corrected chi connectivity index (χ2v) is 8.80. The van der Waals surface area contributed by atoms with E-state index in [4.69, 9.17) is 19.8 Å². The molecule has 0 radical (unpaired) electrons. The summed E-state index contributed by atoms with van der Waals surface area (Å²) in [5.74, 6) is -0.0117. The van der Waals surface area contributed by atoms with Crippen LogP contribution < -0.4 is 5.73 Å². The number of hydrogen-bond donors (Lipinski definition) is 1. The Kier molecular flexibility index (Phi) is 7.01. The molecule has 1 aromatic rings. The Hall–Kier alpha value is -1.77. The Labute approximate surface area is 171 Å². The molecule has 2 N–H and O–H groups in total. The number of carbonyl (C=O) groups is 2. The maximum atomic E-state index is 12.1. The van der Waals surface area contributed by atoms with Crippen LogP contribution in [0.15, 0.2) is 23.7 Å². The predicted octanol–water partition coefficient (Wildman–Crippen LogP) is 3.74. The van der Waals surface area contributed by atoms with Gasteiger partial charge in [0.15, 0.2) is 5.12 Å². The van der Waals surface area contributed by atoms with Gasteiger partial charge in [0.2, 0.25) is 0 Å². The Morgan fingerprint density at radius 1 is 1.21 bits per heavy atom. The Bertz CT molecular complexity index is 775. The Morgan fingerprint density at radius 2 is 1.82 bits per heavy atom. The lowest BCUT2D eigenvalue weighted by molar-refractivity contribution is -0.109. The summed E-state index contributed by atoms with van der Waals surface area (Å²) >= 11 is 1.17. The predicted molar refractivity (Wildman–Crippen MR) is 114 cm³/mol. The van der Waals surface area contributed by atoms with E-state index in [0.29, 0.717) is 29.2 Å². The van der Waals surface area contributed by atoms with Crippen LogP contribution in [0.1, 0.15) is 57.5 Å². The van der Waals surface area contributed by atoms with E-state index in [1.807, 2.05) is 33.8 Å². The van der Waals surface area contributed by atoms with Crippen LogP contribution in [-0.2, 0) is 18.8 Å². The summed E-state index contributed by atoms with van der Waals surface area (Å²) in [6.45, 7) is 11.4. The number of rotatable bonds is 6. The molecule has 0 unspecified atom stereocenters. The van der Waals surface area contributed by atoms with Crippen LogP contribution in [0.25, 0.3) is 6.08 Å². The van der Waals surface area contributed by atoms with Crippen molar-refractivity contribution in [1.29, 1.82) is 0 Å². The van der Waals surface area contributed by atoms with Crippen LogP contribution in [0.4, 0.5) is 5.69 Å². The smallest absolute Gasteiger partial charge is 0.462 e. The first-order valence-corrected chi connectivity index (χ1v) is 10.2. The van der Waals surface area contributed by atoms with E-state index < -0.39 is 24.3 Å². The number of benzene rings is 1. The van der Waals surface area contributed by atoms with Crippen molar-refractivity contribution in [2.45, 2.75) is 52.7 Å². The molecule has 1 fully saturated rings. The van der Waals surface area contributed by atoms with Gasteiger partial charge in [-0.05, 0) is 63.9 Å². The van der Waals surface area contributed by atoms with Gasteiger partial charge in [0.05, 0.1) is 23.4 Å². The number of carbonyl (C=O) groups excluding carboxylic acids is 2. The van der Waals surface area contributed by atoms with E-state index in [9.17, 15) is 9.59 Å². The molecule has 152 valence electrons. The Morgan fingerprint density at radius 3 is 2.36 bits per heavy atom. The number of nitrogen functional groups attached to an aromatic ring is 1. The van der Waals surface area contributed by atoms with Crippen LogP contribution in [-0.4, -0.2) is 41.8 Å². The molecule has 28 heavy (non-hydrogen) atoms. The molecular formula is C20H28BNO5S. The summed E-state index contributed by atoms with van der Waals surface area (Å²) in [6, 6.07) is 4.97. The van der Waals surface area contributed by atoms with Gasteiger partial charge in [0.1, 0.15) is 0 Å². The third-order valence-electron chi connectivity index (χ3n) is 4.94. The monoisotopic (exact) mass is 405 g/mol. The summed E-state index contributed by atoms with van der Waals surface area (Å²) in [4.78, 5) is 23.6. The fourth-order valence-electron chi connectivity index (χ4n) is 2.60. The molecule has 1 saturated heterocycles. The number of ether oxygens (including phenoxy) is 1. The largest absolute Gasteiger partial charge is 0.491 e. The summed E-state index contributed by atoms with van der Waals surface area (Å²) < 4.78 is 17.3. The maximum absolute atomic E-state index is 12.1. The third kappa shape index (κ3) is 5.18. The van der Waals surface area contributed by atoms with Crippen molar-refractivity contribution in [1.82, 2.24) is 0 Å². The van der Waals surface area contributed by atoms with E-state index in [1.165, 1.54) is 18.7 Å². The van der Waals surface area contributed by atoms with Gasteiger partial charge >= 0.3 is 13.1 Å².